The fraction of sp³-hybridized carbons (Fsp3) is 0.167. The largest absolute Gasteiger partial charge is 0.329 e. The second kappa shape index (κ2) is 6.11. The normalized spacial score (nSPS) is 10.1. The highest BCUT2D eigenvalue weighted by molar-refractivity contribution is 7.99. The van der Waals surface area contributed by atoms with Crippen LogP contribution in [0.5, 0.6) is 0 Å². The number of hydrogen-bond acceptors (Lipinski definition) is 3. The lowest BCUT2D eigenvalue weighted by atomic mass is 10.3. The maximum absolute atomic E-state index is 11.6. The summed E-state index contributed by atoms with van der Waals surface area (Å²) in [6, 6.07) is 9.11. The van der Waals surface area contributed by atoms with Crippen LogP contribution in [0.15, 0.2) is 47.9 Å². The van der Waals surface area contributed by atoms with Crippen LogP contribution in [0.4, 0.5) is 10.5 Å². The maximum Gasteiger partial charge on any atom is 0.319 e. The number of imidazole rings is 1. The van der Waals surface area contributed by atoms with Crippen LogP contribution in [0, 0.1) is 0 Å². The van der Waals surface area contributed by atoms with Gasteiger partial charge in [0.2, 0.25) is 0 Å². The minimum atomic E-state index is -0.220. The molecule has 6 heteroatoms. The monoisotopic (exact) mass is 262 g/mol. The average Bonchev–Trinajstić information content (AvgIpc) is 2.76. The molecular formula is C12H14N4OS. The number of nitrogens with one attached hydrogen (secondary N) is 2. The van der Waals surface area contributed by atoms with E-state index in [1.807, 2.05) is 48.1 Å². The van der Waals surface area contributed by atoms with Gasteiger partial charge in [0.25, 0.3) is 0 Å². The number of aryl methyl sites for hydroxylation is 1. The van der Waals surface area contributed by atoms with Gasteiger partial charge in [-0.15, -0.1) is 0 Å². The zero-order valence-corrected chi connectivity index (χ0v) is 10.8. The predicted molar refractivity (Wildman–Crippen MR) is 72.5 cm³/mol. The Labute approximate surface area is 110 Å². The van der Waals surface area contributed by atoms with Crippen LogP contribution in [0.1, 0.15) is 0 Å². The first-order chi connectivity index (χ1) is 8.75. The lowest BCUT2D eigenvalue weighted by molar-refractivity contribution is 0.253. The molecule has 0 bridgehead atoms. The molecule has 0 saturated carbocycles. The molecule has 1 aromatic carbocycles. The summed E-state index contributed by atoms with van der Waals surface area (Å²) in [5.41, 5.74) is 0.775. The molecule has 94 valence electrons. The molecule has 5 nitrogen and oxygen atoms in total. The fourth-order valence-electron chi connectivity index (χ4n) is 1.35. The van der Waals surface area contributed by atoms with E-state index in [1.165, 1.54) is 11.8 Å². The van der Waals surface area contributed by atoms with E-state index in [0.29, 0.717) is 5.88 Å². The second-order valence-corrected chi connectivity index (χ2v) is 4.55. The van der Waals surface area contributed by atoms with Crippen LogP contribution in [0.2, 0.25) is 0 Å². The molecule has 2 N–H and O–H groups in total. The Bertz CT molecular complexity index is 512. The summed E-state index contributed by atoms with van der Waals surface area (Å²) in [6.45, 7) is 0. The van der Waals surface area contributed by atoms with Crippen molar-refractivity contribution < 1.29 is 4.79 Å². The quantitative estimate of drug-likeness (QED) is 0.656. The number of amides is 2. The molecule has 0 spiro atoms. The van der Waals surface area contributed by atoms with Crippen molar-refractivity contribution in [3.05, 3.63) is 42.7 Å². The summed E-state index contributed by atoms with van der Waals surface area (Å²) in [7, 11) is 1.92. The van der Waals surface area contributed by atoms with Crippen molar-refractivity contribution in [2.24, 2.45) is 7.05 Å². The van der Waals surface area contributed by atoms with Gasteiger partial charge in [0, 0.05) is 25.1 Å². The molecule has 1 aromatic heterocycles. The molecule has 0 unspecified atom stereocenters. The number of para-hydroxylation sites is 1. The number of benzene rings is 1. The van der Waals surface area contributed by atoms with E-state index in [1.54, 1.807) is 6.20 Å². The van der Waals surface area contributed by atoms with Crippen molar-refractivity contribution in [3.63, 3.8) is 0 Å². The van der Waals surface area contributed by atoms with Crippen LogP contribution in [0.3, 0.4) is 0 Å². The SMILES string of the molecule is Cn1ccnc1SCNC(=O)Nc1ccccc1. The van der Waals surface area contributed by atoms with Crippen molar-refractivity contribution in [2.45, 2.75) is 5.16 Å². The molecule has 18 heavy (non-hydrogen) atoms. The number of carbonyl (C=O) groups is 1. The van der Waals surface area contributed by atoms with Gasteiger partial charge in [-0.3, -0.25) is 0 Å². The summed E-state index contributed by atoms with van der Waals surface area (Å²) >= 11 is 1.47. The Morgan fingerprint density at radius 3 is 2.83 bits per heavy atom. The highest BCUT2D eigenvalue weighted by Crippen LogP contribution is 2.12. The highest BCUT2D eigenvalue weighted by Gasteiger charge is 2.03. The van der Waals surface area contributed by atoms with E-state index in [0.717, 1.165) is 10.8 Å². The van der Waals surface area contributed by atoms with Crippen LogP contribution in [-0.4, -0.2) is 21.5 Å². The maximum atomic E-state index is 11.6. The van der Waals surface area contributed by atoms with Crippen LogP contribution >= 0.6 is 11.8 Å². The number of carbonyl (C=O) groups excluding carboxylic acids is 1. The molecule has 2 amide bonds. The Morgan fingerprint density at radius 2 is 2.17 bits per heavy atom. The number of rotatable bonds is 4. The zero-order chi connectivity index (χ0) is 12.8. The predicted octanol–water partition coefficient (Wildman–Crippen LogP) is 2.29. The van der Waals surface area contributed by atoms with Gasteiger partial charge in [0.05, 0.1) is 5.88 Å². The molecule has 1 heterocycles. The van der Waals surface area contributed by atoms with Crippen LogP contribution in [0.25, 0.3) is 0 Å². The third-order valence-electron chi connectivity index (χ3n) is 2.24. The molecule has 0 atom stereocenters. The fourth-order valence-corrected chi connectivity index (χ4v) is 2.09. The average molecular weight is 262 g/mol. The molecular weight excluding hydrogens is 248 g/mol. The number of anilines is 1. The molecule has 0 aliphatic heterocycles. The van der Waals surface area contributed by atoms with Crippen LogP contribution < -0.4 is 10.6 Å². The molecule has 0 aliphatic rings. The van der Waals surface area contributed by atoms with E-state index in [4.69, 9.17) is 0 Å². The van der Waals surface area contributed by atoms with Crippen molar-refractivity contribution in [1.29, 1.82) is 0 Å². The topological polar surface area (TPSA) is 59.0 Å². The van der Waals surface area contributed by atoms with Gasteiger partial charge in [-0.05, 0) is 12.1 Å². The summed E-state index contributed by atoms with van der Waals surface area (Å²) in [6.07, 6.45) is 3.60. The lowest BCUT2D eigenvalue weighted by Gasteiger charge is -2.07. The van der Waals surface area contributed by atoms with E-state index in [9.17, 15) is 4.79 Å². The van der Waals surface area contributed by atoms with Crippen molar-refractivity contribution in [1.82, 2.24) is 14.9 Å². The summed E-state index contributed by atoms with van der Waals surface area (Å²) < 4.78 is 1.90. The van der Waals surface area contributed by atoms with Crippen LogP contribution in [-0.2, 0) is 7.05 Å². The summed E-state index contributed by atoms with van der Waals surface area (Å²) in [5.74, 6) is 0.476. The molecule has 0 fully saturated rings. The molecule has 0 radical (unpaired) electrons. The Balaban J connectivity index is 1.74. The second-order valence-electron chi connectivity index (χ2n) is 3.61. The first-order valence-electron chi connectivity index (χ1n) is 5.46. The van der Waals surface area contributed by atoms with Gasteiger partial charge in [-0.25, -0.2) is 9.78 Å². The molecule has 0 aliphatic carbocycles. The number of aromatic nitrogens is 2. The third-order valence-corrected chi connectivity index (χ3v) is 3.18. The van der Waals surface area contributed by atoms with E-state index in [-0.39, 0.29) is 6.03 Å². The first kappa shape index (κ1) is 12.5. The molecule has 2 aromatic rings. The van der Waals surface area contributed by atoms with Crippen molar-refractivity contribution >= 4 is 23.5 Å². The minimum Gasteiger partial charge on any atom is -0.329 e. The number of nitrogens with zero attached hydrogens (tertiary/aromatic N) is 2. The standard InChI is InChI=1S/C12H14N4OS/c1-16-8-7-13-12(16)18-9-14-11(17)15-10-5-3-2-4-6-10/h2-8H,9H2,1H3,(H2,14,15,17). The van der Waals surface area contributed by atoms with Gasteiger partial charge in [0.1, 0.15) is 0 Å². The smallest absolute Gasteiger partial charge is 0.319 e. The first-order valence-corrected chi connectivity index (χ1v) is 6.44. The van der Waals surface area contributed by atoms with Crippen molar-refractivity contribution in [3.8, 4) is 0 Å². The van der Waals surface area contributed by atoms with Gasteiger partial charge in [0.15, 0.2) is 5.16 Å². The van der Waals surface area contributed by atoms with Gasteiger partial charge < -0.3 is 15.2 Å². The summed E-state index contributed by atoms with van der Waals surface area (Å²) in [5, 5.41) is 6.37. The van der Waals surface area contributed by atoms with E-state index in [2.05, 4.69) is 15.6 Å². The lowest BCUT2D eigenvalue weighted by Crippen LogP contribution is -2.28. The van der Waals surface area contributed by atoms with Crippen molar-refractivity contribution in [2.75, 3.05) is 11.2 Å². The van der Waals surface area contributed by atoms with Gasteiger partial charge in [-0.1, -0.05) is 30.0 Å². The Kier molecular flexibility index (Phi) is 4.25. The zero-order valence-electron chi connectivity index (χ0n) is 9.96. The Hall–Kier alpha value is -1.95. The number of thioether (sulfide) groups is 1. The highest BCUT2D eigenvalue weighted by atomic mass is 32.2. The molecule has 0 saturated heterocycles. The Morgan fingerprint density at radius 1 is 1.39 bits per heavy atom. The number of urea groups is 1. The van der Waals surface area contributed by atoms with E-state index >= 15 is 0 Å². The van der Waals surface area contributed by atoms with Gasteiger partial charge >= 0.3 is 6.03 Å². The summed E-state index contributed by atoms with van der Waals surface area (Å²) in [4.78, 5) is 15.7. The molecule has 2 rings (SSSR count). The minimum absolute atomic E-state index is 0.220. The number of hydrogen-bond donors (Lipinski definition) is 2. The van der Waals surface area contributed by atoms with E-state index < -0.39 is 0 Å². The third kappa shape index (κ3) is 3.53. The van der Waals surface area contributed by atoms with Gasteiger partial charge in [-0.2, -0.15) is 0 Å².